The molecule has 4 rings (SSSR count). The van der Waals surface area contributed by atoms with E-state index < -0.39 is 88.7 Å². The SMILES string of the molecule is CC(OC(=O)O[C@]1(C(=O)OCF)[C@H](C)C[C@H]2[C@@H]3CC(F)=C4CC(=O)C=C[C@]4(C)[C@@]3(F)[C@@H](O)C[C@@]21C)C(C)(C)C. The summed E-state index contributed by atoms with van der Waals surface area (Å²) in [6.45, 7) is 10.4. The van der Waals surface area contributed by atoms with Gasteiger partial charge in [0, 0.05) is 35.5 Å². The molecule has 4 aliphatic rings. The number of aliphatic hydroxyl groups excluding tert-OH is 1. The van der Waals surface area contributed by atoms with Gasteiger partial charge in [-0.05, 0) is 49.7 Å². The zero-order chi connectivity index (χ0) is 29.3. The molecule has 0 amide bonds. The predicted molar refractivity (Wildman–Crippen MR) is 134 cm³/mol. The molecule has 0 aromatic rings. The van der Waals surface area contributed by atoms with Crippen molar-refractivity contribution in [1.82, 2.24) is 0 Å². The molecule has 0 aliphatic heterocycles. The molecule has 2 saturated carbocycles. The van der Waals surface area contributed by atoms with E-state index in [1.807, 2.05) is 20.8 Å². The Labute approximate surface area is 227 Å². The van der Waals surface area contributed by atoms with Crippen molar-refractivity contribution in [2.24, 2.45) is 34.0 Å². The van der Waals surface area contributed by atoms with Crippen LogP contribution in [0.15, 0.2) is 23.6 Å². The highest BCUT2D eigenvalue weighted by molar-refractivity contribution is 5.93. The fourth-order valence-corrected chi connectivity index (χ4v) is 7.83. The van der Waals surface area contributed by atoms with Crippen LogP contribution in [0.4, 0.5) is 18.0 Å². The second kappa shape index (κ2) is 9.35. The van der Waals surface area contributed by atoms with Gasteiger partial charge in [-0.3, -0.25) is 4.79 Å². The molecule has 2 fully saturated rings. The van der Waals surface area contributed by atoms with Crippen molar-refractivity contribution in [2.45, 2.75) is 97.6 Å². The van der Waals surface area contributed by atoms with Crippen LogP contribution in [0, 0.1) is 34.0 Å². The Balaban J connectivity index is 1.82. The smallest absolute Gasteiger partial charge is 0.431 e. The van der Waals surface area contributed by atoms with Crippen LogP contribution in [-0.2, 0) is 23.8 Å². The highest BCUT2D eigenvalue weighted by Crippen LogP contribution is 2.71. The first-order chi connectivity index (χ1) is 17.9. The van der Waals surface area contributed by atoms with E-state index in [-0.39, 0.29) is 30.6 Å². The van der Waals surface area contributed by atoms with Crippen molar-refractivity contribution < 1.29 is 46.9 Å². The predicted octanol–water partition coefficient (Wildman–Crippen LogP) is 5.70. The average molecular weight is 557 g/mol. The summed E-state index contributed by atoms with van der Waals surface area (Å²) < 4.78 is 62.4. The van der Waals surface area contributed by atoms with Crippen molar-refractivity contribution in [3.05, 3.63) is 23.6 Å². The van der Waals surface area contributed by atoms with Crippen LogP contribution >= 0.6 is 0 Å². The molecule has 39 heavy (non-hydrogen) atoms. The molecule has 9 atom stereocenters. The molecule has 0 heterocycles. The van der Waals surface area contributed by atoms with Crippen LogP contribution in [0.25, 0.3) is 0 Å². The standard InChI is InChI=1S/C29H39F3O7/c1-15-10-18-19-12-21(31)20-11-17(33)8-9-26(20,6)28(19,32)22(34)13-27(18,7)29(15,23(35)37-14-30)39-24(36)38-16(2)25(3,4)5/h8-9,15-16,18-19,22,34H,10-14H2,1-7H3/t15-,16?,18+,19+,22+,26+,27+,28+,29+/m1/s1. The summed E-state index contributed by atoms with van der Waals surface area (Å²) in [6, 6.07) is 0. The van der Waals surface area contributed by atoms with Gasteiger partial charge in [0.15, 0.2) is 11.5 Å². The van der Waals surface area contributed by atoms with Crippen LogP contribution in [0.2, 0.25) is 0 Å². The first-order valence-electron chi connectivity index (χ1n) is 13.5. The molecule has 7 nitrogen and oxygen atoms in total. The molecule has 0 saturated heterocycles. The maximum Gasteiger partial charge on any atom is 0.509 e. The number of halogens is 3. The Hall–Kier alpha value is -2.36. The van der Waals surface area contributed by atoms with Gasteiger partial charge < -0.3 is 19.3 Å². The van der Waals surface area contributed by atoms with Crippen LogP contribution in [0.1, 0.15) is 74.1 Å². The Morgan fingerprint density at radius 1 is 1.23 bits per heavy atom. The normalized spacial score (nSPS) is 42.3. The third kappa shape index (κ3) is 3.98. The second-order valence-electron chi connectivity index (χ2n) is 13.3. The number of ketones is 1. The lowest BCUT2D eigenvalue weighted by atomic mass is 9.45. The summed E-state index contributed by atoms with van der Waals surface area (Å²) in [4.78, 5) is 38.7. The minimum atomic E-state index is -2.37. The number of rotatable bonds is 4. The van der Waals surface area contributed by atoms with E-state index in [0.717, 1.165) is 0 Å². The highest BCUT2D eigenvalue weighted by Gasteiger charge is 2.78. The Morgan fingerprint density at radius 3 is 2.46 bits per heavy atom. The molecule has 4 aliphatic carbocycles. The number of carbonyl (C=O) groups is 3. The minimum Gasteiger partial charge on any atom is -0.431 e. The number of ether oxygens (including phenoxy) is 3. The van der Waals surface area contributed by atoms with E-state index in [0.29, 0.717) is 0 Å². The second-order valence-corrected chi connectivity index (χ2v) is 13.3. The van der Waals surface area contributed by atoms with Gasteiger partial charge >= 0.3 is 12.1 Å². The maximum atomic E-state index is 17.4. The van der Waals surface area contributed by atoms with Crippen LogP contribution in [-0.4, -0.2) is 53.4 Å². The molecule has 0 bridgehead atoms. The van der Waals surface area contributed by atoms with E-state index in [2.05, 4.69) is 0 Å². The summed E-state index contributed by atoms with van der Waals surface area (Å²) in [5.41, 5.74) is -7.99. The lowest BCUT2D eigenvalue weighted by Crippen LogP contribution is -2.70. The van der Waals surface area contributed by atoms with E-state index in [4.69, 9.17) is 14.2 Å². The van der Waals surface area contributed by atoms with Gasteiger partial charge in [-0.15, -0.1) is 0 Å². The number of allylic oxidation sites excluding steroid dienone is 4. The summed E-state index contributed by atoms with van der Waals surface area (Å²) in [7, 11) is 0. The summed E-state index contributed by atoms with van der Waals surface area (Å²) in [6.07, 6.45) is -1.89. The Bertz CT molecular complexity index is 1130. The summed E-state index contributed by atoms with van der Waals surface area (Å²) in [5, 5.41) is 11.5. The molecular formula is C29H39F3O7. The first-order valence-corrected chi connectivity index (χ1v) is 13.5. The van der Waals surface area contributed by atoms with Crippen molar-refractivity contribution in [3.63, 3.8) is 0 Å². The molecule has 0 aromatic heterocycles. The van der Waals surface area contributed by atoms with Gasteiger partial charge in [0.25, 0.3) is 0 Å². The number of carbonyl (C=O) groups excluding carboxylic acids is 3. The summed E-state index contributed by atoms with van der Waals surface area (Å²) in [5.74, 6) is -4.84. The number of fused-ring (bicyclic) bond motifs is 5. The molecule has 218 valence electrons. The monoisotopic (exact) mass is 556 g/mol. The van der Waals surface area contributed by atoms with Crippen molar-refractivity contribution in [1.29, 1.82) is 0 Å². The molecule has 0 aromatic carbocycles. The number of alkyl halides is 2. The lowest BCUT2D eigenvalue weighted by Gasteiger charge is -2.62. The van der Waals surface area contributed by atoms with E-state index in [1.54, 1.807) is 20.8 Å². The first kappa shape index (κ1) is 29.6. The lowest BCUT2D eigenvalue weighted by molar-refractivity contribution is -0.231. The Morgan fingerprint density at radius 2 is 1.87 bits per heavy atom. The Kier molecular flexibility index (Phi) is 7.10. The van der Waals surface area contributed by atoms with Crippen molar-refractivity contribution in [2.75, 3.05) is 6.86 Å². The molecular weight excluding hydrogens is 517 g/mol. The third-order valence-electron chi connectivity index (χ3n) is 10.4. The van der Waals surface area contributed by atoms with Gasteiger partial charge in [-0.1, -0.05) is 40.7 Å². The third-order valence-corrected chi connectivity index (χ3v) is 10.4. The minimum absolute atomic E-state index is 0.0153. The molecule has 10 heteroatoms. The van der Waals surface area contributed by atoms with Gasteiger partial charge in [-0.25, -0.2) is 22.8 Å². The fraction of sp³-hybridized carbons (Fsp3) is 0.759. The average Bonchev–Trinajstić information content (AvgIpc) is 3.04. The number of hydrogen-bond donors (Lipinski definition) is 1. The maximum absolute atomic E-state index is 17.4. The van der Waals surface area contributed by atoms with E-state index in [9.17, 15) is 23.9 Å². The zero-order valence-corrected chi connectivity index (χ0v) is 23.6. The van der Waals surface area contributed by atoms with Crippen LogP contribution in [0.5, 0.6) is 0 Å². The quantitative estimate of drug-likeness (QED) is 0.444. The van der Waals surface area contributed by atoms with E-state index >= 15 is 8.78 Å². The van der Waals surface area contributed by atoms with Crippen molar-refractivity contribution in [3.8, 4) is 0 Å². The van der Waals surface area contributed by atoms with Gasteiger partial charge in [0.2, 0.25) is 12.5 Å². The summed E-state index contributed by atoms with van der Waals surface area (Å²) >= 11 is 0. The largest absolute Gasteiger partial charge is 0.509 e. The molecule has 0 radical (unpaired) electrons. The van der Waals surface area contributed by atoms with Crippen LogP contribution < -0.4 is 0 Å². The van der Waals surface area contributed by atoms with Crippen LogP contribution in [0.3, 0.4) is 0 Å². The van der Waals surface area contributed by atoms with Gasteiger partial charge in [-0.2, -0.15) is 0 Å². The fourth-order valence-electron chi connectivity index (χ4n) is 7.83. The molecule has 1 unspecified atom stereocenters. The molecule has 0 spiro atoms. The number of esters is 1. The van der Waals surface area contributed by atoms with Gasteiger partial charge in [0.05, 0.1) is 6.10 Å². The molecule has 1 N–H and O–H groups in total. The van der Waals surface area contributed by atoms with Gasteiger partial charge in [0.1, 0.15) is 11.9 Å². The van der Waals surface area contributed by atoms with Crippen molar-refractivity contribution >= 4 is 17.9 Å². The zero-order valence-electron chi connectivity index (χ0n) is 23.6. The van der Waals surface area contributed by atoms with E-state index in [1.165, 1.54) is 19.1 Å². The topological polar surface area (TPSA) is 99.1 Å². The highest BCUT2D eigenvalue weighted by atomic mass is 19.1. The number of hydrogen-bond acceptors (Lipinski definition) is 7. The number of aliphatic hydroxyl groups is 1.